The molecule has 12 heteroatoms. The molecule has 1 aliphatic heterocycles. The van der Waals surface area contributed by atoms with E-state index in [2.05, 4.69) is 10.3 Å². The van der Waals surface area contributed by atoms with Crippen molar-refractivity contribution in [2.75, 3.05) is 16.2 Å². The number of aryl methyl sites for hydroxylation is 1. The SMILES string of the molecule is Cc1cccc(S(=O)(=O)N2CC(C)Oc3ncc(NC(=O)c4c(F)cccc4C(F)(F)F)cc32)c1. The van der Waals surface area contributed by atoms with Crippen LogP contribution in [0.1, 0.15) is 28.4 Å². The molecule has 1 unspecified atom stereocenters. The monoisotopic (exact) mass is 509 g/mol. The topological polar surface area (TPSA) is 88.6 Å². The Morgan fingerprint density at radius 2 is 1.89 bits per heavy atom. The molecule has 3 aromatic rings. The summed E-state index contributed by atoms with van der Waals surface area (Å²) in [5, 5.41) is 2.18. The molecule has 7 nitrogen and oxygen atoms in total. The van der Waals surface area contributed by atoms with Gasteiger partial charge in [0, 0.05) is 0 Å². The van der Waals surface area contributed by atoms with Crippen LogP contribution in [0.3, 0.4) is 0 Å². The number of fused-ring (bicyclic) bond motifs is 1. The van der Waals surface area contributed by atoms with Gasteiger partial charge in [-0.25, -0.2) is 17.8 Å². The molecule has 0 fully saturated rings. The fraction of sp³-hybridized carbons (Fsp3) is 0.217. The summed E-state index contributed by atoms with van der Waals surface area (Å²) in [6.07, 6.45) is -4.44. The first kappa shape index (κ1) is 24.5. The number of rotatable bonds is 4. The van der Waals surface area contributed by atoms with Crippen LogP contribution in [0.4, 0.5) is 28.9 Å². The van der Waals surface area contributed by atoms with E-state index in [0.717, 1.165) is 28.2 Å². The summed E-state index contributed by atoms with van der Waals surface area (Å²) in [7, 11) is -4.07. The van der Waals surface area contributed by atoms with Gasteiger partial charge in [0.05, 0.1) is 34.5 Å². The van der Waals surface area contributed by atoms with Gasteiger partial charge in [-0.2, -0.15) is 13.2 Å². The largest absolute Gasteiger partial charge is 0.471 e. The van der Waals surface area contributed by atoms with Crippen LogP contribution in [0.15, 0.2) is 59.6 Å². The van der Waals surface area contributed by atoms with E-state index in [1.165, 1.54) is 18.2 Å². The smallest absolute Gasteiger partial charge is 0.417 e. The zero-order valence-electron chi connectivity index (χ0n) is 18.4. The van der Waals surface area contributed by atoms with Crippen LogP contribution >= 0.6 is 0 Å². The van der Waals surface area contributed by atoms with Crippen molar-refractivity contribution in [2.24, 2.45) is 0 Å². The number of anilines is 2. The lowest BCUT2D eigenvalue weighted by Crippen LogP contribution is -2.42. The van der Waals surface area contributed by atoms with Gasteiger partial charge in [0.15, 0.2) is 0 Å². The molecule has 0 aliphatic carbocycles. The minimum Gasteiger partial charge on any atom is -0.471 e. The van der Waals surface area contributed by atoms with E-state index in [0.29, 0.717) is 6.07 Å². The second-order valence-electron chi connectivity index (χ2n) is 7.94. The van der Waals surface area contributed by atoms with Gasteiger partial charge >= 0.3 is 6.18 Å². The van der Waals surface area contributed by atoms with E-state index in [-0.39, 0.29) is 28.7 Å². The van der Waals surface area contributed by atoms with Gasteiger partial charge in [-0.05, 0) is 49.7 Å². The van der Waals surface area contributed by atoms with Crippen molar-refractivity contribution in [1.82, 2.24) is 4.98 Å². The third-order valence-corrected chi connectivity index (χ3v) is 6.99. The van der Waals surface area contributed by atoms with E-state index >= 15 is 0 Å². The predicted molar refractivity (Wildman–Crippen MR) is 119 cm³/mol. The Morgan fingerprint density at radius 3 is 2.57 bits per heavy atom. The maximum Gasteiger partial charge on any atom is 0.417 e. The molecule has 4 rings (SSSR count). The molecule has 1 aromatic heterocycles. The molecular formula is C23H19F4N3O4S. The molecule has 2 heterocycles. The van der Waals surface area contributed by atoms with Gasteiger partial charge < -0.3 is 10.1 Å². The number of pyridine rings is 1. The summed E-state index contributed by atoms with van der Waals surface area (Å²) in [4.78, 5) is 16.7. The highest BCUT2D eigenvalue weighted by Gasteiger charge is 2.37. The summed E-state index contributed by atoms with van der Waals surface area (Å²) in [6.45, 7) is 3.31. The van der Waals surface area contributed by atoms with E-state index in [1.54, 1.807) is 26.0 Å². The number of ether oxygens (including phenoxy) is 1. The lowest BCUT2D eigenvalue weighted by Gasteiger charge is -2.33. The highest BCUT2D eigenvalue weighted by molar-refractivity contribution is 7.92. The van der Waals surface area contributed by atoms with Crippen molar-refractivity contribution < 1.29 is 35.5 Å². The van der Waals surface area contributed by atoms with Gasteiger partial charge in [-0.15, -0.1) is 0 Å². The number of carbonyl (C=O) groups excluding carboxylic acids is 1. The number of nitrogens with one attached hydrogen (secondary N) is 1. The van der Waals surface area contributed by atoms with Crippen molar-refractivity contribution in [3.05, 3.63) is 77.2 Å². The maximum absolute atomic E-state index is 14.2. The number of benzene rings is 2. The van der Waals surface area contributed by atoms with Crippen LogP contribution in [-0.2, 0) is 16.2 Å². The number of amides is 1. The molecule has 1 amide bonds. The zero-order chi connectivity index (χ0) is 25.5. The summed E-state index contributed by atoms with van der Waals surface area (Å²) in [5.41, 5.74) is -2.08. The van der Waals surface area contributed by atoms with Crippen molar-refractivity contribution >= 4 is 27.3 Å². The molecule has 0 saturated carbocycles. The van der Waals surface area contributed by atoms with E-state index in [1.807, 2.05) is 0 Å². The zero-order valence-corrected chi connectivity index (χ0v) is 19.2. The summed E-state index contributed by atoms with van der Waals surface area (Å²) >= 11 is 0. The number of halogens is 4. The number of nitrogens with zero attached hydrogens (tertiary/aromatic N) is 2. The molecule has 1 atom stereocenters. The summed E-state index contributed by atoms with van der Waals surface area (Å²) in [6, 6.07) is 9.63. The predicted octanol–water partition coefficient (Wildman–Crippen LogP) is 4.78. The Hall–Kier alpha value is -3.67. The molecule has 0 saturated heterocycles. The molecule has 184 valence electrons. The Labute approximate surface area is 198 Å². The molecular weight excluding hydrogens is 490 g/mol. The molecule has 35 heavy (non-hydrogen) atoms. The van der Waals surface area contributed by atoms with Crippen LogP contribution in [-0.4, -0.2) is 32.0 Å². The van der Waals surface area contributed by atoms with Crippen LogP contribution in [0, 0.1) is 12.7 Å². The minimum atomic E-state index is -4.97. The molecule has 0 radical (unpaired) electrons. The van der Waals surface area contributed by atoms with Gasteiger partial charge in [0.2, 0.25) is 5.88 Å². The number of hydrogen-bond acceptors (Lipinski definition) is 5. The Kier molecular flexibility index (Phi) is 6.18. The van der Waals surface area contributed by atoms with Crippen LogP contribution in [0.5, 0.6) is 5.88 Å². The van der Waals surface area contributed by atoms with Crippen molar-refractivity contribution in [3.63, 3.8) is 0 Å². The van der Waals surface area contributed by atoms with Crippen LogP contribution < -0.4 is 14.4 Å². The molecule has 2 aromatic carbocycles. The van der Waals surface area contributed by atoms with Crippen molar-refractivity contribution in [3.8, 4) is 5.88 Å². The van der Waals surface area contributed by atoms with Gasteiger partial charge in [-0.3, -0.25) is 9.10 Å². The minimum absolute atomic E-state index is 0.0213. The molecule has 0 spiro atoms. The third kappa shape index (κ3) is 4.78. The molecule has 1 N–H and O–H groups in total. The van der Waals surface area contributed by atoms with Crippen LogP contribution in [0.25, 0.3) is 0 Å². The van der Waals surface area contributed by atoms with E-state index in [4.69, 9.17) is 4.74 Å². The highest BCUT2D eigenvalue weighted by atomic mass is 32.2. The lowest BCUT2D eigenvalue weighted by atomic mass is 10.1. The second kappa shape index (κ2) is 8.84. The highest BCUT2D eigenvalue weighted by Crippen LogP contribution is 2.38. The van der Waals surface area contributed by atoms with Crippen molar-refractivity contribution in [2.45, 2.75) is 31.0 Å². The Balaban J connectivity index is 1.73. The quantitative estimate of drug-likeness (QED) is 0.512. The molecule has 0 bridgehead atoms. The Bertz CT molecular complexity index is 1410. The number of alkyl halides is 3. The first-order chi connectivity index (χ1) is 16.4. The maximum atomic E-state index is 14.2. The van der Waals surface area contributed by atoms with Crippen molar-refractivity contribution in [1.29, 1.82) is 0 Å². The number of hydrogen-bond donors (Lipinski definition) is 1. The number of carbonyl (C=O) groups is 1. The molecule has 1 aliphatic rings. The fourth-order valence-corrected chi connectivity index (χ4v) is 5.29. The first-order valence-electron chi connectivity index (χ1n) is 10.3. The Morgan fingerprint density at radius 1 is 1.17 bits per heavy atom. The normalized spacial score (nSPS) is 15.8. The average Bonchev–Trinajstić information content (AvgIpc) is 2.77. The van der Waals surface area contributed by atoms with E-state index < -0.39 is 45.2 Å². The average molecular weight is 509 g/mol. The summed E-state index contributed by atoms with van der Waals surface area (Å²) in [5.74, 6) is -2.76. The third-order valence-electron chi connectivity index (χ3n) is 5.22. The summed E-state index contributed by atoms with van der Waals surface area (Å²) < 4.78 is 87.6. The van der Waals surface area contributed by atoms with Gasteiger partial charge in [0.25, 0.3) is 15.9 Å². The van der Waals surface area contributed by atoms with Gasteiger partial charge in [0.1, 0.15) is 17.6 Å². The standard InChI is InChI=1S/C23H19F4N3O4S/c1-13-5-3-6-16(9-13)35(32,33)30-12-14(2)34-22-19(30)10-15(11-28-22)29-21(31)20-17(23(25,26)27)7-4-8-18(20)24/h3-11,14H,12H2,1-2H3,(H,29,31). The van der Waals surface area contributed by atoms with Crippen LogP contribution in [0.2, 0.25) is 0 Å². The van der Waals surface area contributed by atoms with Gasteiger partial charge in [-0.1, -0.05) is 18.2 Å². The first-order valence-corrected chi connectivity index (χ1v) is 11.7. The fourth-order valence-electron chi connectivity index (χ4n) is 3.65. The number of sulfonamides is 1. The second-order valence-corrected chi connectivity index (χ2v) is 9.81. The number of aromatic nitrogens is 1. The lowest BCUT2D eigenvalue weighted by molar-refractivity contribution is -0.138. The van der Waals surface area contributed by atoms with E-state index in [9.17, 15) is 30.8 Å².